The molecule has 0 radical (unpaired) electrons. The minimum absolute atomic E-state index is 0.250. The number of aromatic amines is 1. The Balaban J connectivity index is 1.65. The average Bonchev–Trinajstić information content (AvgIpc) is 2.82. The zero-order valence-electron chi connectivity index (χ0n) is 19.2. The zero-order valence-corrected chi connectivity index (χ0v) is 20.0. The van der Waals surface area contributed by atoms with Gasteiger partial charge in [0.2, 0.25) is 0 Å². The third kappa shape index (κ3) is 5.61. The van der Waals surface area contributed by atoms with Crippen molar-refractivity contribution in [1.82, 2.24) is 19.9 Å². The van der Waals surface area contributed by atoms with Crippen LogP contribution in [-0.2, 0) is 6.61 Å². The maximum Gasteiger partial charge on any atom is 0.348 e. The summed E-state index contributed by atoms with van der Waals surface area (Å²) in [4.78, 5) is 28.1. The lowest BCUT2D eigenvalue weighted by atomic mass is 10.1. The first-order valence-electron chi connectivity index (χ1n) is 10.9. The molecule has 0 fully saturated rings. The van der Waals surface area contributed by atoms with Crippen LogP contribution in [0.1, 0.15) is 25.1 Å². The molecule has 34 heavy (non-hydrogen) atoms. The van der Waals surface area contributed by atoms with E-state index in [0.29, 0.717) is 34.4 Å². The highest BCUT2D eigenvalue weighted by atomic mass is 35.5. The van der Waals surface area contributed by atoms with Crippen molar-refractivity contribution in [3.63, 3.8) is 0 Å². The molecule has 2 aromatic heterocycles. The van der Waals surface area contributed by atoms with Gasteiger partial charge in [-0.2, -0.15) is 4.98 Å². The lowest BCUT2D eigenvalue weighted by molar-refractivity contribution is 0.271. The van der Waals surface area contributed by atoms with Crippen LogP contribution in [0.25, 0.3) is 22.8 Å². The van der Waals surface area contributed by atoms with Crippen molar-refractivity contribution in [3.05, 3.63) is 87.6 Å². The molecule has 4 aromatic rings. The Kier molecular flexibility index (Phi) is 7.23. The Hall–Kier alpha value is -3.71. The van der Waals surface area contributed by atoms with E-state index in [1.807, 2.05) is 43.3 Å². The number of benzene rings is 2. The maximum absolute atomic E-state index is 12.4. The van der Waals surface area contributed by atoms with E-state index >= 15 is 0 Å². The Bertz CT molecular complexity index is 1340. The molecule has 0 aliphatic rings. The smallest absolute Gasteiger partial charge is 0.348 e. The van der Waals surface area contributed by atoms with Gasteiger partial charge in [0.05, 0.1) is 22.9 Å². The Morgan fingerprint density at radius 1 is 1.00 bits per heavy atom. The van der Waals surface area contributed by atoms with Crippen LogP contribution < -0.4 is 15.2 Å². The minimum atomic E-state index is -0.536. The number of H-pyrrole nitrogens is 1. The third-order valence-corrected chi connectivity index (χ3v) is 5.36. The fraction of sp³-hybridized carbons (Fsp3) is 0.231. The van der Waals surface area contributed by atoms with Gasteiger partial charge in [-0.05, 0) is 60.9 Å². The number of hydrogen-bond acceptors (Lipinski definition) is 6. The molecule has 0 spiro atoms. The van der Waals surface area contributed by atoms with E-state index in [-0.39, 0.29) is 18.3 Å². The highest BCUT2D eigenvalue weighted by molar-refractivity contribution is 6.33. The summed E-state index contributed by atoms with van der Waals surface area (Å²) in [6.45, 7) is 7.02. The Morgan fingerprint density at radius 2 is 1.79 bits per heavy atom. The molecule has 8 heteroatoms. The summed E-state index contributed by atoms with van der Waals surface area (Å²) in [6.07, 6.45) is 1.72. The van der Waals surface area contributed by atoms with Crippen LogP contribution in [0.5, 0.6) is 11.5 Å². The molecule has 0 saturated heterocycles. The van der Waals surface area contributed by atoms with Crippen LogP contribution in [0.3, 0.4) is 0 Å². The van der Waals surface area contributed by atoms with Gasteiger partial charge < -0.3 is 9.47 Å². The molecular formula is C26H25ClN4O3. The molecule has 2 heterocycles. The number of hydrogen-bond donors (Lipinski definition) is 1. The fourth-order valence-electron chi connectivity index (χ4n) is 3.26. The maximum atomic E-state index is 12.4. The van der Waals surface area contributed by atoms with Gasteiger partial charge in [-0.1, -0.05) is 37.6 Å². The van der Waals surface area contributed by atoms with Crippen molar-refractivity contribution >= 4 is 11.6 Å². The van der Waals surface area contributed by atoms with E-state index in [1.165, 1.54) is 0 Å². The van der Waals surface area contributed by atoms with Crippen molar-refractivity contribution in [2.45, 2.75) is 27.4 Å². The molecule has 7 nitrogen and oxygen atoms in total. The Morgan fingerprint density at radius 3 is 2.53 bits per heavy atom. The van der Waals surface area contributed by atoms with Crippen LogP contribution in [0.2, 0.25) is 5.02 Å². The quantitative estimate of drug-likeness (QED) is 0.362. The molecule has 0 unspecified atom stereocenters. The van der Waals surface area contributed by atoms with Crippen molar-refractivity contribution in [1.29, 1.82) is 0 Å². The first kappa shape index (κ1) is 23.4. The largest absolute Gasteiger partial charge is 0.493 e. The third-order valence-electron chi connectivity index (χ3n) is 5.04. The fourth-order valence-corrected chi connectivity index (χ4v) is 3.52. The summed E-state index contributed by atoms with van der Waals surface area (Å²) in [6, 6.07) is 16.4. The molecule has 0 aliphatic carbocycles. The number of aryl methyl sites for hydroxylation is 1. The molecule has 0 atom stereocenters. The van der Waals surface area contributed by atoms with Crippen LogP contribution in [0, 0.1) is 12.8 Å². The van der Waals surface area contributed by atoms with E-state index in [0.717, 1.165) is 17.0 Å². The zero-order chi connectivity index (χ0) is 24.1. The van der Waals surface area contributed by atoms with Crippen molar-refractivity contribution in [2.24, 2.45) is 5.92 Å². The topological polar surface area (TPSA) is 90.0 Å². The van der Waals surface area contributed by atoms with Crippen LogP contribution in [0.4, 0.5) is 0 Å². The molecular weight excluding hydrogens is 452 g/mol. The summed E-state index contributed by atoms with van der Waals surface area (Å²) in [7, 11) is 0. The summed E-state index contributed by atoms with van der Waals surface area (Å²) in [5.74, 6) is 2.20. The van der Waals surface area contributed by atoms with Gasteiger partial charge in [0.15, 0.2) is 5.82 Å². The number of rotatable bonds is 8. The predicted octanol–water partition coefficient (Wildman–Crippen LogP) is 5.47. The lowest BCUT2D eigenvalue weighted by Crippen LogP contribution is -2.15. The van der Waals surface area contributed by atoms with Crippen molar-refractivity contribution in [3.8, 4) is 34.3 Å². The highest BCUT2D eigenvalue weighted by Crippen LogP contribution is 2.35. The number of halogens is 1. The van der Waals surface area contributed by atoms with Gasteiger partial charge in [-0.25, -0.2) is 9.78 Å². The van der Waals surface area contributed by atoms with Gasteiger partial charge >= 0.3 is 5.69 Å². The van der Waals surface area contributed by atoms with E-state index < -0.39 is 5.69 Å². The molecule has 0 aliphatic heterocycles. The average molecular weight is 477 g/mol. The van der Waals surface area contributed by atoms with Crippen LogP contribution in [0.15, 0.2) is 65.6 Å². The van der Waals surface area contributed by atoms with Gasteiger partial charge in [0.25, 0.3) is 0 Å². The number of pyridine rings is 1. The second kappa shape index (κ2) is 10.5. The predicted molar refractivity (Wildman–Crippen MR) is 132 cm³/mol. The standard InChI is InChI=1S/C26H25ClN4O3/c1-16(2)14-33-19-11-9-18(10-12-19)24-29-25(31-26(32)30-24)23-20(27)7-4-8-22(23)34-15-21-17(3)6-5-13-28-21/h4-13,16H,14-15H2,1-3H3,(H,29,30,31,32). The Labute approximate surface area is 202 Å². The number of ether oxygens (including phenoxy) is 2. The molecule has 2 aromatic carbocycles. The van der Waals surface area contributed by atoms with E-state index in [1.54, 1.807) is 24.4 Å². The van der Waals surface area contributed by atoms with Crippen molar-refractivity contribution in [2.75, 3.05) is 6.61 Å². The molecule has 4 rings (SSSR count). The molecule has 0 saturated carbocycles. The highest BCUT2D eigenvalue weighted by Gasteiger charge is 2.16. The molecule has 0 bridgehead atoms. The first-order valence-corrected chi connectivity index (χ1v) is 11.3. The minimum Gasteiger partial charge on any atom is -0.493 e. The molecule has 174 valence electrons. The second-order valence-corrected chi connectivity index (χ2v) is 8.63. The summed E-state index contributed by atoms with van der Waals surface area (Å²) in [5, 5.41) is 0.396. The number of aromatic nitrogens is 4. The van der Waals surface area contributed by atoms with Crippen LogP contribution >= 0.6 is 11.6 Å². The van der Waals surface area contributed by atoms with E-state index in [2.05, 4.69) is 33.8 Å². The SMILES string of the molecule is Cc1cccnc1COc1cccc(Cl)c1-c1nc(-c2ccc(OCC(C)C)cc2)nc(=O)[nH]1. The van der Waals surface area contributed by atoms with Gasteiger partial charge in [-0.15, -0.1) is 0 Å². The van der Waals surface area contributed by atoms with Gasteiger partial charge in [-0.3, -0.25) is 9.97 Å². The van der Waals surface area contributed by atoms with Crippen molar-refractivity contribution < 1.29 is 9.47 Å². The van der Waals surface area contributed by atoms with Crippen LogP contribution in [-0.4, -0.2) is 26.5 Å². The van der Waals surface area contributed by atoms with Gasteiger partial charge in [0, 0.05) is 11.8 Å². The lowest BCUT2D eigenvalue weighted by Gasteiger charge is -2.13. The summed E-state index contributed by atoms with van der Waals surface area (Å²) < 4.78 is 11.8. The second-order valence-electron chi connectivity index (χ2n) is 8.22. The number of nitrogens with one attached hydrogen (secondary N) is 1. The molecule has 1 N–H and O–H groups in total. The number of nitrogens with zero attached hydrogens (tertiary/aromatic N) is 3. The molecule has 0 amide bonds. The first-order chi connectivity index (χ1) is 16.4. The summed E-state index contributed by atoms with van der Waals surface area (Å²) in [5.41, 5.74) is 2.46. The van der Waals surface area contributed by atoms with E-state index in [9.17, 15) is 4.79 Å². The van der Waals surface area contributed by atoms with Gasteiger partial charge in [0.1, 0.15) is 23.9 Å². The summed E-state index contributed by atoms with van der Waals surface area (Å²) >= 11 is 6.51. The monoisotopic (exact) mass is 476 g/mol. The van der Waals surface area contributed by atoms with E-state index in [4.69, 9.17) is 21.1 Å². The normalized spacial score (nSPS) is 11.0.